The van der Waals surface area contributed by atoms with E-state index in [1.165, 1.54) is 18.3 Å². The third-order valence-electron chi connectivity index (χ3n) is 1.19. The molecule has 0 saturated heterocycles. The highest BCUT2D eigenvalue weighted by atomic mass is 35.7. The molecule has 0 saturated carbocycles. The highest BCUT2D eigenvalue weighted by Gasteiger charge is 2.05. The molecule has 1 rings (SSSR count). The van der Waals surface area contributed by atoms with Crippen LogP contribution >= 0.6 is 10.7 Å². The molecule has 1 aromatic heterocycles. The van der Waals surface area contributed by atoms with Crippen molar-refractivity contribution >= 4 is 19.7 Å². The number of aromatic amines is 1. The molecule has 4 nitrogen and oxygen atoms in total. The van der Waals surface area contributed by atoms with Crippen LogP contribution in [0.15, 0.2) is 23.1 Å². The summed E-state index contributed by atoms with van der Waals surface area (Å²) in [6.07, 6.45) is 1.32. The zero-order chi connectivity index (χ0) is 9.19. The smallest absolute Gasteiger partial charge is 0.247 e. The van der Waals surface area contributed by atoms with E-state index in [0.29, 0.717) is 5.56 Å². The van der Waals surface area contributed by atoms with Crippen molar-refractivity contribution in [2.75, 3.05) is 0 Å². The van der Waals surface area contributed by atoms with E-state index in [2.05, 4.69) is 4.98 Å². The van der Waals surface area contributed by atoms with Gasteiger partial charge in [-0.15, -0.1) is 0 Å². The minimum atomic E-state index is -3.54. The number of hydrogen-bond donors (Lipinski definition) is 1. The summed E-state index contributed by atoms with van der Waals surface area (Å²) in [6.45, 7) is 0. The van der Waals surface area contributed by atoms with Gasteiger partial charge < -0.3 is 4.98 Å². The molecule has 1 aromatic rings. The standard InChI is InChI=1S/C6H6ClNO3S/c7-12(10,11)4-5-1-2-6(9)8-3-5/h1-3H,4H2,(H,8,9). The summed E-state index contributed by atoms with van der Waals surface area (Å²) in [5.74, 6) is -0.272. The van der Waals surface area contributed by atoms with E-state index < -0.39 is 9.05 Å². The van der Waals surface area contributed by atoms with Crippen LogP contribution in [-0.2, 0) is 14.8 Å². The summed E-state index contributed by atoms with van der Waals surface area (Å²) in [6, 6.07) is 2.66. The molecule has 0 aliphatic carbocycles. The van der Waals surface area contributed by atoms with Crippen molar-refractivity contribution in [2.45, 2.75) is 5.75 Å². The van der Waals surface area contributed by atoms with Gasteiger partial charge in [-0.25, -0.2) is 8.42 Å². The third kappa shape index (κ3) is 3.06. The van der Waals surface area contributed by atoms with E-state index in [1.54, 1.807) is 0 Å². The Morgan fingerprint density at radius 2 is 2.08 bits per heavy atom. The van der Waals surface area contributed by atoms with Crippen molar-refractivity contribution in [3.63, 3.8) is 0 Å². The Bertz CT molecular complexity index is 402. The van der Waals surface area contributed by atoms with Crippen LogP contribution in [-0.4, -0.2) is 13.4 Å². The number of H-pyrrole nitrogens is 1. The summed E-state index contributed by atoms with van der Waals surface area (Å²) in [5.41, 5.74) is 0.190. The van der Waals surface area contributed by atoms with Gasteiger partial charge in [-0.1, -0.05) is 6.07 Å². The quantitative estimate of drug-likeness (QED) is 0.716. The Balaban J connectivity index is 2.93. The second-order valence-electron chi connectivity index (χ2n) is 2.24. The van der Waals surface area contributed by atoms with E-state index >= 15 is 0 Å². The minimum absolute atomic E-state index is 0.272. The largest absolute Gasteiger partial charge is 0.329 e. The average molecular weight is 208 g/mol. The molecule has 0 fully saturated rings. The van der Waals surface area contributed by atoms with Gasteiger partial charge in [0.1, 0.15) is 0 Å². The Morgan fingerprint density at radius 1 is 1.42 bits per heavy atom. The molecule has 6 heteroatoms. The van der Waals surface area contributed by atoms with Gasteiger partial charge in [-0.2, -0.15) is 0 Å². The predicted octanol–water partition coefficient (Wildman–Crippen LogP) is 0.443. The van der Waals surface area contributed by atoms with Gasteiger partial charge in [0.25, 0.3) is 0 Å². The van der Waals surface area contributed by atoms with Gasteiger partial charge in [0.05, 0.1) is 5.75 Å². The van der Waals surface area contributed by atoms with E-state index in [4.69, 9.17) is 10.7 Å². The minimum Gasteiger partial charge on any atom is -0.329 e. The molecule has 0 aliphatic rings. The predicted molar refractivity (Wildman–Crippen MR) is 45.5 cm³/mol. The third-order valence-corrected chi connectivity index (χ3v) is 2.19. The van der Waals surface area contributed by atoms with Crippen molar-refractivity contribution in [2.24, 2.45) is 0 Å². The lowest BCUT2D eigenvalue weighted by Gasteiger charge is -1.94. The fourth-order valence-electron chi connectivity index (χ4n) is 0.732. The molecular formula is C6H6ClNO3S. The zero-order valence-electron chi connectivity index (χ0n) is 5.95. The van der Waals surface area contributed by atoms with Crippen LogP contribution in [0.5, 0.6) is 0 Å². The summed E-state index contributed by atoms with van der Waals surface area (Å²) in [7, 11) is 1.45. The summed E-state index contributed by atoms with van der Waals surface area (Å²) in [4.78, 5) is 12.9. The van der Waals surface area contributed by atoms with E-state index in [1.807, 2.05) is 0 Å². The molecule has 1 N–H and O–H groups in total. The van der Waals surface area contributed by atoms with Gasteiger partial charge in [0.15, 0.2) is 0 Å². The first-order valence-electron chi connectivity index (χ1n) is 3.07. The molecule has 0 radical (unpaired) electrons. The SMILES string of the molecule is O=c1ccc(CS(=O)(=O)Cl)c[nH]1. The van der Waals surface area contributed by atoms with E-state index in [-0.39, 0.29) is 11.3 Å². The van der Waals surface area contributed by atoms with Crippen molar-refractivity contribution in [3.8, 4) is 0 Å². The average Bonchev–Trinajstić information content (AvgIpc) is 1.91. The summed E-state index contributed by atoms with van der Waals surface area (Å²) >= 11 is 0. The maximum absolute atomic E-state index is 10.6. The van der Waals surface area contributed by atoms with Gasteiger partial charge >= 0.3 is 0 Å². The molecule has 0 atom stereocenters. The van der Waals surface area contributed by atoms with Crippen LogP contribution in [0.2, 0.25) is 0 Å². The molecule has 1 heterocycles. The second kappa shape index (κ2) is 3.28. The Kier molecular flexibility index (Phi) is 2.54. The van der Waals surface area contributed by atoms with Crippen molar-refractivity contribution in [1.82, 2.24) is 4.98 Å². The highest BCUT2D eigenvalue weighted by Crippen LogP contribution is 2.06. The molecule has 0 aliphatic heterocycles. The highest BCUT2D eigenvalue weighted by molar-refractivity contribution is 8.13. The molecule has 0 unspecified atom stereocenters. The lowest BCUT2D eigenvalue weighted by atomic mass is 10.3. The number of aromatic nitrogens is 1. The fraction of sp³-hybridized carbons (Fsp3) is 0.167. The Hall–Kier alpha value is -0.810. The molecule has 12 heavy (non-hydrogen) atoms. The normalized spacial score (nSPS) is 11.4. The molecule has 0 spiro atoms. The van der Waals surface area contributed by atoms with Gasteiger partial charge in [-0.3, -0.25) is 4.79 Å². The second-order valence-corrected chi connectivity index (χ2v) is 5.02. The number of rotatable bonds is 2. The van der Waals surface area contributed by atoms with Crippen LogP contribution in [0.3, 0.4) is 0 Å². The maximum Gasteiger partial charge on any atom is 0.247 e. The molecule has 0 amide bonds. The molecule has 66 valence electrons. The van der Waals surface area contributed by atoms with Crippen LogP contribution in [0.25, 0.3) is 0 Å². The molecule has 0 bridgehead atoms. The first-order valence-corrected chi connectivity index (χ1v) is 5.55. The summed E-state index contributed by atoms with van der Waals surface area (Å²) < 4.78 is 21.1. The first-order chi connectivity index (χ1) is 5.47. The van der Waals surface area contributed by atoms with E-state index in [9.17, 15) is 13.2 Å². The number of pyridine rings is 1. The topological polar surface area (TPSA) is 67.0 Å². The van der Waals surface area contributed by atoms with E-state index in [0.717, 1.165) is 0 Å². The van der Waals surface area contributed by atoms with Gasteiger partial charge in [-0.05, 0) is 5.56 Å². The van der Waals surface area contributed by atoms with Crippen molar-refractivity contribution in [3.05, 3.63) is 34.2 Å². The lowest BCUT2D eigenvalue weighted by Crippen LogP contribution is -2.04. The van der Waals surface area contributed by atoms with Gasteiger partial charge in [0, 0.05) is 22.9 Å². The number of hydrogen-bond acceptors (Lipinski definition) is 3. The maximum atomic E-state index is 10.6. The van der Waals surface area contributed by atoms with Crippen LogP contribution in [0.4, 0.5) is 0 Å². The Labute approximate surface area is 73.6 Å². The zero-order valence-corrected chi connectivity index (χ0v) is 7.52. The Morgan fingerprint density at radius 3 is 2.50 bits per heavy atom. The molecule has 0 aromatic carbocycles. The molecular weight excluding hydrogens is 202 g/mol. The van der Waals surface area contributed by atoms with Crippen LogP contribution in [0, 0.1) is 0 Å². The fourth-order valence-corrected chi connectivity index (χ4v) is 1.69. The lowest BCUT2D eigenvalue weighted by molar-refractivity contribution is 0.609. The van der Waals surface area contributed by atoms with Crippen LogP contribution in [0.1, 0.15) is 5.56 Å². The monoisotopic (exact) mass is 207 g/mol. The van der Waals surface area contributed by atoms with Crippen LogP contribution < -0.4 is 5.56 Å². The number of nitrogens with one attached hydrogen (secondary N) is 1. The first kappa shape index (κ1) is 9.28. The summed E-state index contributed by atoms with van der Waals surface area (Å²) in [5, 5.41) is 0. The van der Waals surface area contributed by atoms with Gasteiger partial charge in [0.2, 0.25) is 14.6 Å². The number of halogens is 1. The van der Waals surface area contributed by atoms with Crippen molar-refractivity contribution in [1.29, 1.82) is 0 Å². The van der Waals surface area contributed by atoms with Crippen molar-refractivity contribution < 1.29 is 8.42 Å².